The predicted octanol–water partition coefficient (Wildman–Crippen LogP) is 3.38. The molecule has 1 aromatic rings. The zero-order valence-electron chi connectivity index (χ0n) is 24.4. The molecule has 9 nitrogen and oxygen atoms in total. The van der Waals surface area contributed by atoms with Gasteiger partial charge in [-0.25, -0.2) is 4.39 Å². The van der Waals surface area contributed by atoms with E-state index in [2.05, 4.69) is 10.6 Å². The van der Waals surface area contributed by atoms with E-state index in [1.54, 1.807) is 14.0 Å². The Labute approximate surface area is 249 Å². The molecule has 228 valence electrons. The Hall–Kier alpha value is -2.79. The smallest absolute Gasteiger partial charge is 0.246 e. The van der Waals surface area contributed by atoms with E-state index in [9.17, 15) is 23.6 Å². The van der Waals surface area contributed by atoms with E-state index in [1.165, 1.54) is 36.0 Å². The lowest BCUT2D eigenvalue weighted by molar-refractivity contribution is -0.138. The number of aliphatic imine (C=N–C) groups is 1. The average molecular weight is 592 g/mol. The molecule has 5 atom stereocenters. The van der Waals surface area contributed by atoms with Crippen LogP contribution in [0.1, 0.15) is 66.1 Å². The van der Waals surface area contributed by atoms with Crippen LogP contribution in [0.15, 0.2) is 29.3 Å². The van der Waals surface area contributed by atoms with Crippen LogP contribution < -0.4 is 10.6 Å². The Morgan fingerprint density at radius 2 is 1.71 bits per heavy atom. The summed E-state index contributed by atoms with van der Waals surface area (Å²) in [4.78, 5) is 61.3. The summed E-state index contributed by atoms with van der Waals surface area (Å²) in [6.07, 6.45) is 3.68. The lowest BCUT2D eigenvalue weighted by atomic mass is 9.90. The molecule has 1 aromatic carbocycles. The van der Waals surface area contributed by atoms with Crippen molar-refractivity contribution in [1.29, 1.82) is 0 Å². The maximum absolute atomic E-state index is 14.2. The highest BCUT2D eigenvalue weighted by Crippen LogP contribution is 2.32. The zero-order valence-corrected chi connectivity index (χ0v) is 25.2. The number of ketones is 1. The van der Waals surface area contributed by atoms with Gasteiger partial charge in [-0.3, -0.25) is 24.2 Å². The molecule has 4 rings (SSSR count). The number of carbonyl (C=O) groups excluding carboxylic acids is 4. The van der Waals surface area contributed by atoms with Crippen LogP contribution in [-0.2, 0) is 14.4 Å². The van der Waals surface area contributed by atoms with Crippen LogP contribution in [0.25, 0.3) is 0 Å². The Morgan fingerprint density at radius 1 is 1.00 bits per heavy atom. The second-order valence-corrected chi connectivity index (χ2v) is 12.6. The van der Waals surface area contributed by atoms with Crippen molar-refractivity contribution >= 4 is 40.3 Å². The summed E-state index contributed by atoms with van der Waals surface area (Å²) >= 11 is 1.49. The van der Waals surface area contributed by atoms with Crippen molar-refractivity contribution in [2.24, 2.45) is 16.8 Å². The average Bonchev–Trinajstić information content (AvgIpc) is 3.59. The molecule has 3 amide bonds. The number of Topliss-reactive ketones (excluding diaryl/α,β-unsaturated/α-hetero) is 1. The lowest BCUT2D eigenvalue weighted by Gasteiger charge is -2.33. The van der Waals surface area contributed by atoms with Crippen LogP contribution in [0.4, 0.5) is 4.39 Å². The fourth-order valence-electron chi connectivity index (χ4n) is 5.81. The Balaban J connectivity index is 0.00000323. The first-order valence-electron chi connectivity index (χ1n) is 14.7. The molecule has 3 aliphatic heterocycles. The molecule has 11 heteroatoms. The summed E-state index contributed by atoms with van der Waals surface area (Å²) in [7, 11) is 1.71. The number of halogens is 1. The summed E-state index contributed by atoms with van der Waals surface area (Å²) in [6.45, 7) is 7.31. The fourth-order valence-corrected chi connectivity index (χ4v) is 7.01. The van der Waals surface area contributed by atoms with Crippen molar-refractivity contribution in [2.75, 3.05) is 32.4 Å². The third kappa shape index (κ3) is 7.35. The third-order valence-corrected chi connectivity index (χ3v) is 9.52. The monoisotopic (exact) mass is 591 g/mol. The van der Waals surface area contributed by atoms with E-state index in [0.29, 0.717) is 37.4 Å². The Morgan fingerprint density at radius 3 is 2.39 bits per heavy atom. The number of amides is 3. The van der Waals surface area contributed by atoms with Gasteiger partial charge in [-0.1, -0.05) is 13.8 Å². The van der Waals surface area contributed by atoms with Gasteiger partial charge < -0.3 is 20.4 Å². The van der Waals surface area contributed by atoms with Gasteiger partial charge in [0, 0.05) is 39.7 Å². The van der Waals surface area contributed by atoms with Gasteiger partial charge in [0.05, 0.1) is 17.1 Å². The van der Waals surface area contributed by atoms with Crippen LogP contribution >= 0.6 is 11.8 Å². The van der Waals surface area contributed by atoms with E-state index in [-0.39, 0.29) is 44.2 Å². The highest BCUT2D eigenvalue weighted by Gasteiger charge is 2.42. The zero-order chi connectivity index (χ0) is 29.7. The SMILES string of the molecule is CN[C@@H](C)C(=O)N[C@H](C(=O)N1CCC[C@H]1C1=NC(C(=O)c2ccc(F)cc2)CS1)C1CCCN(C(=O)C(C)C)CC1.[HH].[HH]. The van der Waals surface area contributed by atoms with Crippen molar-refractivity contribution in [3.63, 3.8) is 0 Å². The summed E-state index contributed by atoms with van der Waals surface area (Å²) in [5.41, 5.74) is 0.418. The third-order valence-electron chi connectivity index (χ3n) is 8.36. The molecule has 3 aliphatic rings. The molecule has 0 aliphatic carbocycles. The molecule has 3 heterocycles. The van der Waals surface area contributed by atoms with Gasteiger partial charge in [0.25, 0.3) is 0 Å². The number of likely N-dealkylation sites (tertiary alicyclic amines) is 2. The predicted molar refractivity (Wildman–Crippen MR) is 163 cm³/mol. The summed E-state index contributed by atoms with van der Waals surface area (Å²) in [5, 5.41) is 6.76. The minimum atomic E-state index is -0.711. The van der Waals surface area contributed by atoms with Crippen molar-refractivity contribution in [2.45, 2.75) is 77.0 Å². The molecule has 2 unspecified atom stereocenters. The molecule has 0 aromatic heterocycles. The first-order chi connectivity index (χ1) is 19.6. The van der Waals surface area contributed by atoms with Crippen LogP contribution in [0.2, 0.25) is 0 Å². The topological polar surface area (TPSA) is 111 Å². The molecule has 41 heavy (non-hydrogen) atoms. The van der Waals surface area contributed by atoms with Crippen LogP contribution in [0.3, 0.4) is 0 Å². The summed E-state index contributed by atoms with van der Waals surface area (Å²) in [5.74, 6) is -0.526. The van der Waals surface area contributed by atoms with Crippen molar-refractivity contribution in [1.82, 2.24) is 20.4 Å². The quantitative estimate of drug-likeness (QED) is 0.426. The van der Waals surface area contributed by atoms with Crippen LogP contribution in [-0.4, -0.2) is 95.0 Å². The van der Waals surface area contributed by atoms with E-state index < -0.39 is 23.9 Å². The minimum absolute atomic E-state index is 0. The number of rotatable bonds is 9. The largest absolute Gasteiger partial charge is 0.343 e. The van der Waals surface area contributed by atoms with Crippen LogP contribution in [0, 0.1) is 17.7 Å². The number of nitrogens with zero attached hydrogens (tertiary/aromatic N) is 3. The molecule has 2 saturated heterocycles. The number of hydrogen-bond donors (Lipinski definition) is 2. The van der Waals surface area contributed by atoms with Gasteiger partial charge in [-0.15, -0.1) is 11.8 Å². The maximum Gasteiger partial charge on any atom is 0.246 e. The normalized spacial score (nSPS) is 24.5. The Bertz CT molecular complexity index is 1170. The van der Waals surface area contributed by atoms with Gasteiger partial charge in [0.2, 0.25) is 17.7 Å². The number of likely N-dealkylation sites (N-methyl/N-ethyl adjacent to an activating group) is 1. The number of nitrogens with one attached hydrogen (secondary N) is 2. The first-order valence-corrected chi connectivity index (χ1v) is 15.7. The van der Waals surface area contributed by atoms with Gasteiger partial charge in [-0.05, 0) is 76.3 Å². The number of benzene rings is 1. The second-order valence-electron chi connectivity index (χ2n) is 11.5. The summed E-state index contributed by atoms with van der Waals surface area (Å²) in [6, 6.07) is 3.50. The van der Waals surface area contributed by atoms with E-state index in [1.807, 2.05) is 23.6 Å². The first kappa shape index (κ1) is 31.2. The lowest BCUT2D eigenvalue weighted by Crippen LogP contribution is -2.57. The molecular weight excluding hydrogens is 545 g/mol. The molecule has 0 radical (unpaired) electrons. The molecule has 0 spiro atoms. The van der Waals surface area contributed by atoms with Crippen molar-refractivity contribution in [3.05, 3.63) is 35.6 Å². The highest BCUT2D eigenvalue weighted by atomic mass is 32.2. The number of hydrogen-bond acceptors (Lipinski definition) is 7. The van der Waals surface area contributed by atoms with Gasteiger partial charge in [0.1, 0.15) is 17.9 Å². The molecule has 2 N–H and O–H groups in total. The highest BCUT2D eigenvalue weighted by molar-refractivity contribution is 8.14. The Kier molecular flexibility index (Phi) is 10.6. The number of carbonyl (C=O) groups is 4. The second kappa shape index (κ2) is 13.9. The maximum atomic E-state index is 14.2. The van der Waals surface area contributed by atoms with Crippen molar-refractivity contribution in [3.8, 4) is 0 Å². The van der Waals surface area contributed by atoms with Crippen LogP contribution in [0.5, 0.6) is 0 Å². The molecule has 0 saturated carbocycles. The van der Waals surface area contributed by atoms with E-state index >= 15 is 0 Å². The van der Waals surface area contributed by atoms with Gasteiger partial charge >= 0.3 is 0 Å². The molecule has 2 fully saturated rings. The molecular formula is C30H46FN5O4S. The molecule has 0 bridgehead atoms. The minimum Gasteiger partial charge on any atom is -0.343 e. The van der Waals surface area contributed by atoms with Gasteiger partial charge in [0.15, 0.2) is 5.78 Å². The van der Waals surface area contributed by atoms with Gasteiger partial charge in [-0.2, -0.15) is 0 Å². The summed E-state index contributed by atoms with van der Waals surface area (Å²) < 4.78 is 13.3. The van der Waals surface area contributed by atoms with Crippen molar-refractivity contribution < 1.29 is 26.4 Å². The van der Waals surface area contributed by atoms with E-state index in [0.717, 1.165) is 30.7 Å². The number of thioether (sulfide) groups is 1. The standard InChI is InChI=1S/C30H42FN5O4S.2H2/c1-18(2)29(39)35-14-5-7-20(13-16-35)25(34-27(38)19(3)32-4)30(40)36-15-6-8-24(36)28-33-23(17-41-28)26(37)21-9-11-22(31)12-10-21;;/h9-12,18-20,23-25,32H,5-8,13-17H2,1-4H3,(H,34,38);2*1H/t19-,20?,23?,24-,25-;;/m0../s1. The fraction of sp³-hybridized carbons (Fsp3) is 0.633. The van der Waals surface area contributed by atoms with E-state index in [4.69, 9.17) is 4.99 Å².